The monoisotopic (exact) mass is 358 g/mol. The van der Waals surface area contributed by atoms with E-state index in [2.05, 4.69) is 4.40 Å². The van der Waals surface area contributed by atoms with Gasteiger partial charge in [0.2, 0.25) is 0 Å². The van der Waals surface area contributed by atoms with Crippen molar-refractivity contribution in [1.29, 1.82) is 0 Å². The summed E-state index contributed by atoms with van der Waals surface area (Å²) >= 11 is 0. The quantitative estimate of drug-likeness (QED) is 0.771. The number of fused-ring (bicyclic) bond motifs is 1. The van der Waals surface area contributed by atoms with Crippen molar-refractivity contribution in [1.82, 2.24) is 0 Å². The molecule has 3 rings (SSSR count). The molecule has 0 aromatic heterocycles. The summed E-state index contributed by atoms with van der Waals surface area (Å²) in [5, 5.41) is 0. The summed E-state index contributed by atoms with van der Waals surface area (Å²) < 4.78 is 79.7. The molecule has 0 N–H and O–H groups in total. The summed E-state index contributed by atoms with van der Waals surface area (Å²) in [5.41, 5.74) is -0.986. The molecule has 0 amide bonds. The van der Waals surface area contributed by atoms with Gasteiger partial charge in [0.1, 0.15) is 17.1 Å². The topological polar surface area (TPSA) is 49.7 Å². The van der Waals surface area contributed by atoms with Crippen LogP contribution in [-0.4, -0.2) is 14.8 Å². The van der Waals surface area contributed by atoms with E-state index in [4.69, 9.17) is 0 Å². The molecule has 2 aromatic carbocycles. The largest absolute Gasteiger partial charge is 0.416 e. The summed E-state index contributed by atoms with van der Waals surface area (Å²) in [5.74, 6) is -0.548. The zero-order valence-electron chi connectivity index (χ0n) is 12.0. The van der Waals surface area contributed by atoms with E-state index < -0.39 is 27.6 Å². The molecular weight excluding hydrogens is 348 g/mol. The van der Waals surface area contributed by atoms with Gasteiger partial charge in [-0.2, -0.15) is 21.6 Å². The average molecular weight is 358 g/mol. The van der Waals surface area contributed by atoms with E-state index >= 15 is 0 Å². The van der Waals surface area contributed by atoms with Crippen LogP contribution in [0.4, 0.5) is 23.2 Å². The lowest BCUT2D eigenvalue weighted by molar-refractivity contribution is -0.137. The first kappa shape index (κ1) is 16.4. The van der Waals surface area contributed by atoms with Gasteiger partial charge >= 0.3 is 6.18 Å². The number of benzene rings is 2. The van der Waals surface area contributed by atoms with Gasteiger partial charge in [-0.15, -0.1) is 4.40 Å². The normalized spacial score (nSPS) is 16.1. The first-order valence-corrected chi connectivity index (χ1v) is 8.14. The third-order valence-corrected chi connectivity index (χ3v) is 4.77. The molecule has 0 bridgehead atoms. The van der Waals surface area contributed by atoms with E-state index in [0.717, 1.165) is 18.5 Å². The zero-order chi connectivity index (χ0) is 17.5. The second kappa shape index (κ2) is 5.59. The molecule has 0 spiro atoms. The maximum absolute atomic E-state index is 13.8. The molecule has 9 heteroatoms. The van der Waals surface area contributed by atoms with Gasteiger partial charge in [-0.3, -0.25) is 0 Å². The Labute approximate surface area is 135 Å². The predicted molar refractivity (Wildman–Crippen MR) is 79.7 cm³/mol. The van der Waals surface area contributed by atoms with E-state index in [9.17, 15) is 26.0 Å². The van der Waals surface area contributed by atoms with Crippen LogP contribution in [0, 0.1) is 5.82 Å². The van der Waals surface area contributed by atoms with Crippen LogP contribution in [0.2, 0.25) is 0 Å². The van der Waals surface area contributed by atoms with Crippen molar-refractivity contribution < 1.29 is 26.0 Å². The number of halogens is 4. The highest BCUT2D eigenvalue weighted by Crippen LogP contribution is 2.37. The van der Waals surface area contributed by atoms with Gasteiger partial charge < -0.3 is 4.90 Å². The molecule has 126 valence electrons. The number of hydrogen-bond acceptors (Lipinski definition) is 3. The van der Waals surface area contributed by atoms with Crippen LogP contribution in [0.3, 0.4) is 0 Å². The number of nitrogens with zero attached hydrogens (tertiary/aromatic N) is 2. The van der Waals surface area contributed by atoms with Crippen molar-refractivity contribution in [3.05, 3.63) is 59.4 Å². The van der Waals surface area contributed by atoms with Crippen molar-refractivity contribution in [2.24, 2.45) is 4.40 Å². The number of sulfonamides is 1. The van der Waals surface area contributed by atoms with Crippen LogP contribution in [0.5, 0.6) is 0 Å². The summed E-state index contributed by atoms with van der Waals surface area (Å²) in [6.45, 7) is -0.153. The third-order valence-electron chi connectivity index (χ3n) is 3.50. The highest BCUT2D eigenvalue weighted by atomic mass is 32.2. The number of anilines is 1. The number of hydrogen-bond donors (Lipinski definition) is 0. The van der Waals surface area contributed by atoms with Gasteiger partial charge in [0.05, 0.1) is 17.8 Å². The second-order valence-corrected chi connectivity index (χ2v) is 6.70. The van der Waals surface area contributed by atoms with Crippen LogP contribution in [0.15, 0.2) is 51.8 Å². The van der Waals surface area contributed by atoms with Gasteiger partial charge in [-0.05, 0) is 24.3 Å². The fourth-order valence-electron chi connectivity index (χ4n) is 2.31. The summed E-state index contributed by atoms with van der Waals surface area (Å²) in [7, 11) is -4.07. The minimum Gasteiger partial charge on any atom is -0.326 e. The smallest absolute Gasteiger partial charge is 0.326 e. The first-order valence-electron chi connectivity index (χ1n) is 6.70. The molecular formula is C15H10F4N2O2S. The molecule has 1 heterocycles. The Morgan fingerprint density at radius 1 is 1.08 bits per heavy atom. The van der Waals surface area contributed by atoms with Crippen molar-refractivity contribution in [2.45, 2.75) is 17.6 Å². The Balaban J connectivity index is 2.09. The number of rotatable bonds is 2. The minimum absolute atomic E-state index is 0.153. The molecule has 0 aliphatic carbocycles. The molecule has 2 aromatic rings. The van der Waals surface area contributed by atoms with Gasteiger partial charge in [0, 0.05) is 5.56 Å². The van der Waals surface area contributed by atoms with Gasteiger partial charge in [0.25, 0.3) is 10.0 Å². The summed E-state index contributed by atoms with van der Waals surface area (Å²) in [6, 6.07) is 7.97. The lowest BCUT2D eigenvalue weighted by Crippen LogP contribution is -2.27. The molecule has 0 radical (unpaired) electrons. The van der Waals surface area contributed by atoms with E-state index in [1.807, 2.05) is 0 Å². The average Bonchev–Trinajstić information content (AvgIpc) is 2.51. The van der Waals surface area contributed by atoms with Gasteiger partial charge in [0.15, 0.2) is 0 Å². The molecule has 1 aliphatic rings. The van der Waals surface area contributed by atoms with Crippen LogP contribution < -0.4 is 4.90 Å². The molecule has 0 atom stereocenters. The Morgan fingerprint density at radius 3 is 2.46 bits per heavy atom. The molecule has 0 saturated heterocycles. The highest BCUT2D eigenvalue weighted by Gasteiger charge is 2.34. The molecule has 0 unspecified atom stereocenters. The molecule has 1 aliphatic heterocycles. The molecule has 24 heavy (non-hydrogen) atoms. The lowest BCUT2D eigenvalue weighted by atomic mass is 10.1. The van der Waals surface area contributed by atoms with Gasteiger partial charge in [-0.1, -0.05) is 18.2 Å². The van der Waals surface area contributed by atoms with Gasteiger partial charge in [-0.25, -0.2) is 4.39 Å². The zero-order valence-corrected chi connectivity index (χ0v) is 12.8. The van der Waals surface area contributed by atoms with E-state index in [-0.39, 0.29) is 22.7 Å². The van der Waals surface area contributed by atoms with Crippen molar-refractivity contribution >= 4 is 22.0 Å². The molecule has 4 nitrogen and oxygen atoms in total. The standard InChI is InChI=1S/C15H10F4N2O2S/c16-12-4-2-1-3-10(12)8-21-9-20-24(22,23)14-6-5-11(7-13(14)21)15(17,18)19/h1-7,9H,8H2. The number of alkyl halides is 3. The maximum atomic E-state index is 13.8. The highest BCUT2D eigenvalue weighted by molar-refractivity contribution is 7.90. The first-order chi connectivity index (χ1) is 11.2. The van der Waals surface area contributed by atoms with Crippen molar-refractivity contribution in [3.8, 4) is 0 Å². The second-order valence-electron chi connectivity index (χ2n) is 5.10. The fourth-order valence-corrected chi connectivity index (χ4v) is 3.34. The molecule has 0 fully saturated rings. The van der Waals surface area contributed by atoms with E-state index in [0.29, 0.717) is 6.07 Å². The van der Waals surface area contributed by atoms with Crippen LogP contribution in [0.1, 0.15) is 11.1 Å². The Kier molecular flexibility index (Phi) is 3.83. The Bertz CT molecular complexity index is 923. The van der Waals surface area contributed by atoms with Crippen molar-refractivity contribution in [3.63, 3.8) is 0 Å². The van der Waals surface area contributed by atoms with Crippen molar-refractivity contribution in [2.75, 3.05) is 4.90 Å². The maximum Gasteiger partial charge on any atom is 0.416 e. The Hall–Kier alpha value is -2.42. The third kappa shape index (κ3) is 2.99. The lowest BCUT2D eigenvalue weighted by Gasteiger charge is -2.26. The predicted octanol–water partition coefficient (Wildman–Crippen LogP) is 3.58. The SMILES string of the molecule is O=S1(=O)N=CN(Cc2ccccc2F)c2cc(C(F)(F)F)ccc21. The van der Waals surface area contributed by atoms with Crippen LogP contribution in [0.25, 0.3) is 0 Å². The minimum atomic E-state index is -4.63. The van der Waals surface area contributed by atoms with Crippen LogP contribution in [-0.2, 0) is 22.7 Å². The summed E-state index contributed by atoms with van der Waals surface area (Å²) in [6.07, 6.45) is -3.73. The Morgan fingerprint density at radius 2 is 1.79 bits per heavy atom. The van der Waals surface area contributed by atoms with E-state index in [1.54, 1.807) is 6.07 Å². The summed E-state index contributed by atoms with van der Waals surface area (Å²) in [4.78, 5) is 0.818. The van der Waals surface area contributed by atoms with E-state index in [1.165, 1.54) is 23.1 Å². The molecule has 0 saturated carbocycles. The fraction of sp³-hybridized carbons (Fsp3) is 0.133. The van der Waals surface area contributed by atoms with Crippen LogP contribution >= 0.6 is 0 Å².